The first kappa shape index (κ1) is 19.3. The standard InChI is InChI=1S/C25H19BFNO3/c27-20-8-9-21-18(14-20)11-12-26(21)19-5-1-3-16(13-19)15-31-25(30)22-10-7-17-4-2-6-23(29)24(17)28-22/h1-10,13-14,29H,11-12,15H2. The van der Waals surface area contributed by atoms with Crippen molar-refractivity contribution < 1.29 is 19.0 Å². The molecule has 4 nitrogen and oxygen atoms in total. The van der Waals surface area contributed by atoms with Gasteiger partial charge in [0.1, 0.15) is 29.4 Å². The van der Waals surface area contributed by atoms with Gasteiger partial charge in [0.05, 0.1) is 0 Å². The second-order valence-corrected chi connectivity index (χ2v) is 7.80. The van der Waals surface area contributed by atoms with Gasteiger partial charge in [0.2, 0.25) is 6.71 Å². The summed E-state index contributed by atoms with van der Waals surface area (Å²) >= 11 is 0. The van der Waals surface area contributed by atoms with E-state index in [9.17, 15) is 14.3 Å². The van der Waals surface area contributed by atoms with Gasteiger partial charge in [-0.25, -0.2) is 14.2 Å². The lowest BCUT2D eigenvalue weighted by molar-refractivity contribution is 0.0466. The molecule has 6 heteroatoms. The van der Waals surface area contributed by atoms with Crippen LogP contribution in [0.5, 0.6) is 5.75 Å². The van der Waals surface area contributed by atoms with Crippen LogP contribution in [0.1, 0.15) is 21.6 Å². The van der Waals surface area contributed by atoms with Gasteiger partial charge in [-0.05, 0) is 36.2 Å². The maximum absolute atomic E-state index is 13.5. The maximum Gasteiger partial charge on any atom is 0.357 e. The highest BCUT2D eigenvalue weighted by Crippen LogP contribution is 2.22. The Morgan fingerprint density at radius 2 is 1.94 bits per heavy atom. The lowest BCUT2D eigenvalue weighted by atomic mass is 9.41. The number of hydrogen-bond donors (Lipinski definition) is 1. The van der Waals surface area contributed by atoms with Gasteiger partial charge >= 0.3 is 5.97 Å². The first-order chi connectivity index (χ1) is 15.1. The summed E-state index contributed by atoms with van der Waals surface area (Å²) in [6.45, 7) is 0.340. The summed E-state index contributed by atoms with van der Waals surface area (Å²) in [5.74, 6) is -0.718. The number of para-hydroxylation sites is 1. The Balaban J connectivity index is 1.32. The number of ether oxygens (including phenoxy) is 1. The minimum Gasteiger partial charge on any atom is -0.506 e. The summed E-state index contributed by atoms with van der Waals surface area (Å²) in [6, 6.07) is 21.4. The Labute approximate surface area is 179 Å². The summed E-state index contributed by atoms with van der Waals surface area (Å²) in [4.78, 5) is 16.8. The number of phenols is 1. The number of benzene rings is 3. The number of aromatic nitrogens is 1. The molecule has 0 spiro atoms. The zero-order valence-electron chi connectivity index (χ0n) is 16.7. The minimum atomic E-state index is -0.544. The third-order valence-corrected chi connectivity index (χ3v) is 5.81. The molecule has 1 aliphatic rings. The molecule has 0 unspecified atom stereocenters. The van der Waals surface area contributed by atoms with Crippen molar-refractivity contribution in [2.75, 3.05) is 0 Å². The molecule has 3 aromatic carbocycles. The number of phenolic OH excluding ortho intramolecular Hbond substituents is 1. The fourth-order valence-corrected chi connectivity index (χ4v) is 4.30. The number of aromatic hydroxyl groups is 1. The van der Waals surface area contributed by atoms with Crippen LogP contribution in [0.4, 0.5) is 4.39 Å². The monoisotopic (exact) mass is 411 g/mol. The molecule has 31 heavy (non-hydrogen) atoms. The molecule has 1 aliphatic heterocycles. The topological polar surface area (TPSA) is 59.4 Å². The zero-order chi connectivity index (χ0) is 21.4. The molecule has 0 saturated heterocycles. The predicted molar refractivity (Wildman–Crippen MR) is 119 cm³/mol. The molecule has 0 saturated carbocycles. The Morgan fingerprint density at radius 3 is 2.84 bits per heavy atom. The number of carbonyl (C=O) groups excluding carboxylic acids is 1. The molecule has 0 atom stereocenters. The molecule has 1 N–H and O–H groups in total. The Bertz CT molecular complexity index is 1310. The third kappa shape index (κ3) is 3.77. The number of rotatable bonds is 4. The average Bonchev–Trinajstić information content (AvgIpc) is 3.21. The van der Waals surface area contributed by atoms with Crippen molar-refractivity contribution in [3.63, 3.8) is 0 Å². The number of halogens is 1. The van der Waals surface area contributed by atoms with Crippen LogP contribution in [-0.2, 0) is 17.8 Å². The first-order valence-corrected chi connectivity index (χ1v) is 10.2. The van der Waals surface area contributed by atoms with Crippen LogP contribution in [0.25, 0.3) is 10.9 Å². The number of fused-ring (bicyclic) bond motifs is 2. The van der Waals surface area contributed by atoms with Gasteiger partial charge in [-0.1, -0.05) is 71.3 Å². The predicted octanol–water partition coefficient (Wildman–Crippen LogP) is 3.60. The van der Waals surface area contributed by atoms with Gasteiger partial charge in [-0.15, -0.1) is 0 Å². The van der Waals surface area contributed by atoms with Gasteiger partial charge in [-0.2, -0.15) is 0 Å². The lowest BCUT2D eigenvalue weighted by Gasteiger charge is -2.11. The first-order valence-electron chi connectivity index (χ1n) is 10.2. The molecule has 4 aromatic rings. The smallest absolute Gasteiger partial charge is 0.357 e. The normalized spacial score (nSPS) is 12.7. The van der Waals surface area contributed by atoms with Crippen molar-refractivity contribution in [3.05, 3.63) is 95.4 Å². The van der Waals surface area contributed by atoms with E-state index in [1.54, 1.807) is 24.3 Å². The minimum absolute atomic E-state index is 0.0246. The molecule has 1 aromatic heterocycles. The summed E-state index contributed by atoms with van der Waals surface area (Å²) in [6.07, 6.45) is 1.80. The molecule has 5 rings (SSSR count). The number of aryl methyl sites for hydroxylation is 1. The van der Waals surface area contributed by atoms with Crippen LogP contribution in [0, 0.1) is 5.82 Å². The van der Waals surface area contributed by atoms with E-state index in [-0.39, 0.29) is 30.6 Å². The summed E-state index contributed by atoms with van der Waals surface area (Å²) in [7, 11) is 0. The lowest BCUT2D eigenvalue weighted by Crippen LogP contribution is -2.39. The van der Waals surface area contributed by atoms with E-state index in [2.05, 4.69) is 11.1 Å². The molecule has 0 bridgehead atoms. The second-order valence-electron chi connectivity index (χ2n) is 7.80. The summed E-state index contributed by atoms with van der Waals surface area (Å²) < 4.78 is 19.0. The molecule has 0 fully saturated rings. The summed E-state index contributed by atoms with van der Waals surface area (Å²) in [5.41, 5.74) is 4.76. The SMILES string of the molecule is O=C(OCc1cccc(B2CCc3cc(F)ccc32)c1)c1ccc2cccc(O)c2n1. The van der Waals surface area contributed by atoms with Crippen LogP contribution < -0.4 is 10.9 Å². The largest absolute Gasteiger partial charge is 0.506 e. The van der Waals surface area contributed by atoms with Crippen molar-refractivity contribution in [2.24, 2.45) is 0 Å². The van der Waals surface area contributed by atoms with Crippen LogP contribution in [0.2, 0.25) is 6.32 Å². The van der Waals surface area contributed by atoms with Gasteiger partial charge in [-0.3, -0.25) is 0 Å². The van der Waals surface area contributed by atoms with E-state index in [0.29, 0.717) is 5.52 Å². The highest BCUT2D eigenvalue weighted by atomic mass is 19.1. The van der Waals surface area contributed by atoms with Gasteiger partial charge in [0, 0.05) is 5.39 Å². The number of carbonyl (C=O) groups is 1. The van der Waals surface area contributed by atoms with E-state index >= 15 is 0 Å². The molecule has 0 aliphatic carbocycles. The third-order valence-electron chi connectivity index (χ3n) is 5.81. The number of nitrogens with zero attached hydrogens (tertiary/aromatic N) is 1. The fourth-order valence-electron chi connectivity index (χ4n) is 4.30. The Kier molecular flexibility index (Phi) is 4.90. The van der Waals surface area contributed by atoms with Gasteiger partial charge < -0.3 is 9.84 Å². The Hall–Kier alpha value is -3.67. The van der Waals surface area contributed by atoms with Crippen molar-refractivity contribution in [3.8, 4) is 5.75 Å². The quantitative estimate of drug-likeness (QED) is 0.412. The van der Waals surface area contributed by atoms with Crippen LogP contribution in [-0.4, -0.2) is 22.8 Å². The zero-order valence-corrected chi connectivity index (χ0v) is 16.7. The highest BCUT2D eigenvalue weighted by molar-refractivity contribution is 6.86. The van der Waals surface area contributed by atoms with E-state index in [0.717, 1.165) is 40.2 Å². The van der Waals surface area contributed by atoms with Gasteiger partial charge in [0.25, 0.3) is 0 Å². The van der Waals surface area contributed by atoms with E-state index in [4.69, 9.17) is 4.74 Å². The second kappa shape index (κ2) is 7.87. The molecule has 0 amide bonds. The molecule has 2 heterocycles. The molecule has 152 valence electrons. The average molecular weight is 411 g/mol. The molecular weight excluding hydrogens is 392 g/mol. The van der Waals surface area contributed by atoms with Crippen LogP contribution >= 0.6 is 0 Å². The molecular formula is C25H19BFNO3. The highest BCUT2D eigenvalue weighted by Gasteiger charge is 2.28. The number of hydrogen-bond acceptors (Lipinski definition) is 4. The van der Waals surface area contributed by atoms with Crippen LogP contribution in [0.3, 0.4) is 0 Å². The van der Waals surface area contributed by atoms with Crippen molar-refractivity contribution in [1.29, 1.82) is 0 Å². The Morgan fingerprint density at radius 1 is 1.06 bits per heavy atom. The molecule has 0 radical (unpaired) electrons. The van der Waals surface area contributed by atoms with Crippen molar-refractivity contribution >= 4 is 34.5 Å². The van der Waals surface area contributed by atoms with E-state index in [1.807, 2.05) is 30.3 Å². The number of pyridine rings is 1. The number of esters is 1. The van der Waals surface area contributed by atoms with Crippen molar-refractivity contribution in [1.82, 2.24) is 4.98 Å². The summed E-state index contributed by atoms with van der Waals surface area (Å²) in [5, 5.41) is 10.7. The van der Waals surface area contributed by atoms with E-state index < -0.39 is 5.97 Å². The van der Waals surface area contributed by atoms with Crippen LogP contribution in [0.15, 0.2) is 72.8 Å². The van der Waals surface area contributed by atoms with E-state index in [1.165, 1.54) is 12.1 Å². The van der Waals surface area contributed by atoms with Crippen molar-refractivity contribution in [2.45, 2.75) is 19.3 Å². The maximum atomic E-state index is 13.5. The van der Waals surface area contributed by atoms with Gasteiger partial charge in [0.15, 0.2) is 0 Å². The fraction of sp³-hybridized carbons (Fsp3) is 0.120.